The molecule has 0 amide bonds. The van der Waals surface area contributed by atoms with Gasteiger partial charge in [0, 0.05) is 12.6 Å². The number of aromatic nitrogens is 2. The highest BCUT2D eigenvalue weighted by Crippen LogP contribution is 2.36. The number of halogens is 5. The van der Waals surface area contributed by atoms with Gasteiger partial charge in [0.1, 0.15) is 0 Å². The van der Waals surface area contributed by atoms with E-state index in [0.717, 1.165) is 18.4 Å². The number of ether oxygens (including phenoxy) is 3. The van der Waals surface area contributed by atoms with Crippen molar-refractivity contribution >= 4 is 24.8 Å². The second kappa shape index (κ2) is 13.0. The van der Waals surface area contributed by atoms with Crippen molar-refractivity contribution < 1.29 is 27.4 Å². The van der Waals surface area contributed by atoms with Gasteiger partial charge in [-0.1, -0.05) is 30.3 Å². The van der Waals surface area contributed by atoms with Crippen molar-refractivity contribution in [2.24, 2.45) is 5.73 Å². The summed E-state index contributed by atoms with van der Waals surface area (Å²) in [5.74, 6) is -0.0971. The number of methoxy groups -OCH3 is 1. The van der Waals surface area contributed by atoms with E-state index in [1.807, 2.05) is 30.3 Å². The van der Waals surface area contributed by atoms with Gasteiger partial charge in [0.05, 0.1) is 25.3 Å². The highest BCUT2D eigenvalue weighted by molar-refractivity contribution is 5.85. The van der Waals surface area contributed by atoms with Crippen LogP contribution >= 0.6 is 24.8 Å². The number of rotatable bonds is 8. The summed E-state index contributed by atoms with van der Waals surface area (Å²) in [7, 11) is 1.39. The minimum atomic E-state index is -4.51. The lowest BCUT2D eigenvalue weighted by molar-refractivity contribution is -0.154. The Morgan fingerprint density at radius 3 is 2.36 bits per heavy atom. The molecule has 1 aromatic heterocycles. The van der Waals surface area contributed by atoms with Crippen LogP contribution in [0.2, 0.25) is 0 Å². The van der Waals surface area contributed by atoms with Gasteiger partial charge >= 0.3 is 12.2 Å². The van der Waals surface area contributed by atoms with Crippen LogP contribution in [0, 0.1) is 0 Å². The Kier molecular flexibility index (Phi) is 11.5. The first-order valence-corrected chi connectivity index (χ1v) is 10.1. The fraction of sp³-hybridized carbons (Fsp3) is 0.524. The SMILES string of the molecule is CCOc1nc(OC)c(CN2CCC[C@H](N)[C@H]2c2ccccc2)c(OCC(F)(F)F)n1.Cl.Cl. The monoisotopic (exact) mass is 512 g/mol. The Balaban J connectivity index is 0.00000272. The van der Waals surface area contributed by atoms with Gasteiger partial charge in [-0.3, -0.25) is 4.90 Å². The van der Waals surface area contributed by atoms with Gasteiger partial charge < -0.3 is 19.9 Å². The summed E-state index contributed by atoms with van der Waals surface area (Å²) in [6.07, 6.45) is -2.80. The van der Waals surface area contributed by atoms with E-state index in [1.165, 1.54) is 7.11 Å². The quantitative estimate of drug-likeness (QED) is 0.563. The van der Waals surface area contributed by atoms with Gasteiger partial charge in [-0.25, -0.2) is 0 Å². The van der Waals surface area contributed by atoms with Gasteiger partial charge in [-0.2, -0.15) is 23.1 Å². The molecule has 0 spiro atoms. The molecule has 0 bridgehead atoms. The lowest BCUT2D eigenvalue weighted by Gasteiger charge is -2.40. The van der Waals surface area contributed by atoms with Crippen molar-refractivity contribution in [3.05, 3.63) is 41.5 Å². The predicted octanol–water partition coefficient (Wildman–Crippen LogP) is 4.33. The molecule has 2 aromatic rings. The molecular weight excluding hydrogens is 484 g/mol. The number of hydrogen-bond donors (Lipinski definition) is 1. The van der Waals surface area contributed by atoms with Crippen molar-refractivity contribution in [3.8, 4) is 17.8 Å². The molecular formula is C21H29Cl2F3N4O3. The van der Waals surface area contributed by atoms with Crippen LogP contribution in [0.15, 0.2) is 30.3 Å². The van der Waals surface area contributed by atoms with E-state index in [9.17, 15) is 13.2 Å². The number of nitrogens with zero attached hydrogens (tertiary/aromatic N) is 3. The first-order valence-electron chi connectivity index (χ1n) is 10.1. The summed E-state index contributed by atoms with van der Waals surface area (Å²) >= 11 is 0. The summed E-state index contributed by atoms with van der Waals surface area (Å²) in [6.45, 7) is 1.42. The molecule has 2 heterocycles. The lowest BCUT2D eigenvalue weighted by atomic mass is 9.90. The van der Waals surface area contributed by atoms with E-state index in [-0.39, 0.29) is 67.8 Å². The number of hydrogen-bond acceptors (Lipinski definition) is 7. The third kappa shape index (κ3) is 7.77. The Morgan fingerprint density at radius 1 is 1.09 bits per heavy atom. The predicted molar refractivity (Wildman–Crippen MR) is 123 cm³/mol. The topological polar surface area (TPSA) is 82.7 Å². The molecule has 1 aliphatic rings. The summed E-state index contributed by atoms with van der Waals surface area (Å²) in [4.78, 5) is 10.4. The molecule has 0 aliphatic carbocycles. The molecule has 7 nitrogen and oxygen atoms in total. The number of benzene rings is 1. The van der Waals surface area contributed by atoms with Gasteiger partial charge in [0.15, 0.2) is 6.61 Å². The van der Waals surface area contributed by atoms with Crippen LogP contribution < -0.4 is 19.9 Å². The van der Waals surface area contributed by atoms with Gasteiger partial charge in [0.2, 0.25) is 11.8 Å². The van der Waals surface area contributed by atoms with Crippen LogP contribution in [0.4, 0.5) is 13.2 Å². The molecule has 3 rings (SSSR count). The van der Waals surface area contributed by atoms with Gasteiger partial charge in [-0.15, -0.1) is 24.8 Å². The van der Waals surface area contributed by atoms with Crippen molar-refractivity contribution in [3.63, 3.8) is 0 Å². The molecule has 186 valence electrons. The smallest absolute Gasteiger partial charge is 0.422 e. The minimum Gasteiger partial charge on any atom is -0.481 e. The van der Waals surface area contributed by atoms with Crippen LogP contribution in [0.1, 0.15) is 36.9 Å². The van der Waals surface area contributed by atoms with Crippen LogP contribution in [-0.4, -0.2) is 54.0 Å². The Bertz CT molecular complexity index is 863. The average molecular weight is 513 g/mol. The van der Waals surface area contributed by atoms with Crippen molar-refractivity contribution in [2.75, 3.05) is 26.9 Å². The van der Waals surface area contributed by atoms with E-state index in [4.69, 9.17) is 19.9 Å². The maximum Gasteiger partial charge on any atom is 0.422 e. The van der Waals surface area contributed by atoms with E-state index in [1.54, 1.807) is 6.92 Å². The summed E-state index contributed by atoms with van der Waals surface area (Å²) in [6, 6.07) is 9.46. The first kappa shape index (κ1) is 29.0. The molecule has 33 heavy (non-hydrogen) atoms. The number of nitrogens with two attached hydrogens (primary N) is 1. The van der Waals surface area contributed by atoms with E-state index in [2.05, 4.69) is 14.9 Å². The zero-order valence-electron chi connectivity index (χ0n) is 18.4. The zero-order valence-corrected chi connectivity index (χ0v) is 20.0. The molecule has 1 aromatic carbocycles. The van der Waals surface area contributed by atoms with Crippen LogP contribution in [-0.2, 0) is 6.54 Å². The second-order valence-electron chi connectivity index (χ2n) is 7.27. The largest absolute Gasteiger partial charge is 0.481 e. The van der Waals surface area contributed by atoms with Crippen molar-refractivity contribution in [1.82, 2.24) is 14.9 Å². The Hall–Kier alpha value is -2.01. The normalized spacial score (nSPS) is 18.6. The highest BCUT2D eigenvalue weighted by atomic mass is 35.5. The Labute approximate surface area is 203 Å². The number of alkyl halides is 3. The zero-order chi connectivity index (χ0) is 22.4. The molecule has 2 N–H and O–H groups in total. The maximum atomic E-state index is 12.8. The third-order valence-electron chi connectivity index (χ3n) is 5.03. The number of likely N-dealkylation sites (tertiary alicyclic amines) is 1. The molecule has 1 saturated heterocycles. The van der Waals surface area contributed by atoms with Crippen LogP contribution in [0.25, 0.3) is 0 Å². The van der Waals surface area contributed by atoms with Crippen LogP contribution in [0.3, 0.4) is 0 Å². The molecule has 1 fully saturated rings. The molecule has 0 radical (unpaired) electrons. The van der Waals surface area contributed by atoms with E-state index < -0.39 is 12.8 Å². The fourth-order valence-electron chi connectivity index (χ4n) is 3.78. The third-order valence-corrected chi connectivity index (χ3v) is 5.03. The van der Waals surface area contributed by atoms with Gasteiger partial charge in [0.25, 0.3) is 0 Å². The first-order chi connectivity index (χ1) is 14.8. The standard InChI is InChI=1S/C21H27F3N4O3.2ClH/c1-3-30-20-26-18(29-2)15(19(27-20)31-13-21(22,23)24)12-28-11-7-10-16(25)17(28)14-8-5-4-6-9-14;;/h4-6,8-9,16-17H,3,7,10-13,25H2,1-2H3;2*1H/t16-,17+;;/m0../s1. The highest BCUT2D eigenvalue weighted by Gasteiger charge is 2.34. The Morgan fingerprint density at radius 2 is 1.76 bits per heavy atom. The lowest BCUT2D eigenvalue weighted by Crippen LogP contribution is -2.45. The number of piperidine rings is 1. The average Bonchev–Trinajstić information content (AvgIpc) is 2.73. The van der Waals surface area contributed by atoms with Crippen molar-refractivity contribution in [1.29, 1.82) is 0 Å². The molecule has 12 heteroatoms. The summed E-state index contributed by atoms with van der Waals surface area (Å²) in [5, 5.41) is 0. The second-order valence-corrected chi connectivity index (χ2v) is 7.27. The molecule has 0 unspecified atom stereocenters. The molecule has 2 atom stereocenters. The molecule has 1 aliphatic heterocycles. The molecule has 0 saturated carbocycles. The van der Waals surface area contributed by atoms with Crippen LogP contribution in [0.5, 0.6) is 17.8 Å². The van der Waals surface area contributed by atoms with Gasteiger partial charge in [-0.05, 0) is 31.9 Å². The summed E-state index contributed by atoms with van der Waals surface area (Å²) < 4.78 is 54.2. The van der Waals surface area contributed by atoms with E-state index >= 15 is 0 Å². The summed E-state index contributed by atoms with van der Waals surface area (Å²) in [5.41, 5.74) is 7.80. The minimum absolute atomic E-state index is 0. The van der Waals surface area contributed by atoms with Crippen molar-refractivity contribution in [2.45, 2.75) is 44.6 Å². The fourth-order valence-corrected chi connectivity index (χ4v) is 3.78. The van der Waals surface area contributed by atoms with E-state index in [0.29, 0.717) is 12.1 Å². The maximum absolute atomic E-state index is 12.8.